The Labute approximate surface area is 178 Å². The molecule has 1 unspecified atom stereocenters. The third-order valence-electron chi connectivity index (χ3n) is 4.54. The van der Waals surface area contributed by atoms with Crippen molar-refractivity contribution in [1.82, 2.24) is 0 Å². The average Bonchev–Trinajstić information content (AvgIpc) is 2.66. The number of hydrogen-bond acceptors (Lipinski definition) is 4. The summed E-state index contributed by atoms with van der Waals surface area (Å²) in [7, 11) is 1.81. The first-order valence-electron chi connectivity index (χ1n) is 10.2. The number of carbonyl (C=O) groups is 2. The number of hydrogen-bond donors (Lipinski definition) is 3. The van der Waals surface area contributed by atoms with Crippen LogP contribution in [0.1, 0.15) is 25.0 Å². The van der Waals surface area contributed by atoms with E-state index in [1.165, 1.54) is 5.56 Å². The molecule has 162 valence electrons. The van der Waals surface area contributed by atoms with Crippen LogP contribution in [0.25, 0.3) is 0 Å². The minimum atomic E-state index is -0.182. The van der Waals surface area contributed by atoms with Gasteiger partial charge >= 0.3 is 0 Å². The number of nitrogens with one attached hydrogen (secondary N) is 3. The quantitative estimate of drug-likeness (QED) is 0.557. The minimum Gasteiger partial charge on any atom is -0.490 e. The molecule has 7 heteroatoms. The van der Waals surface area contributed by atoms with Crippen LogP contribution in [-0.4, -0.2) is 45.2 Å². The van der Waals surface area contributed by atoms with Crippen LogP contribution in [0.5, 0.6) is 11.5 Å². The molecule has 0 aliphatic heterocycles. The zero-order valence-electron chi connectivity index (χ0n) is 18.4. The predicted octanol–water partition coefficient (Wildman–Crippen LogP) is 2.19. The smallest absolute Gasteiger partial charge is 0.279 e. The Balaban J connectivity index is 1.88. The largest absolute Gasteiger partial charge is 0.490 e. The lowest BCUT2D eigenvalue weighted by Crippen LogP contribution is -3.11. The number of amides is 2. The van der Waals surface area contributed by atoms with Gasteiger partial charge < -0.3 is 25.0 Å². The van der Waals surface area contributed by atoms with Crippen molar-refractivity contribution in [2.24, 2.45) is 0 Å². The van der Waals surface area contributed by atoms with E-state index in [0.29, 0.717) is 30.4 Å². The summed E-state index contributed by atoms with van der Waals surface area (Å²) in [6, 6.07) is 11.1. The molecule has 0 bridgehead atoms. The van der Waals surface area contributed by atoms with Crippen LogP contribution in [0, 0.1) is 13.8 Å². The first-order valence-corrected chi connectivity index (χ1v) is 10.2. The lowest BCUT2D eigenvalue weighted by atomic mass is 10.1. The molecule has 0 fully saturated rings. The van der Waals surface area contributed by atoms with Crippen molar-refractivity contribution in [2.45, 2.75) is 27.7 Å². The highest BCUT2D eigenvalue weighted by atomic mass is 16.5. The second-order valence-electron chi connectivity index (χ2n) is 7.23. The van der Waals surface area contributed by atoms with E-state index in [-0.39, 0.29) is 24.9 Å². The number of rotatable bonds is 10. The van der Waals surface area contributed by atoms with Gasteiger partial charge in [0.1, 0.15) is 0 Å². The van der Waals surface area contributed by atoms with Gasteiger partial charge in [-0.1, -0.05) is 6.07 Å². The number of carbonyl (C=O) groups excluding carboxylic acids is 2. The highest BCUT2D eigenvalue weighted by Gasteiger charge is 2.16. The average molecular weight is 415 g/mol. The fourth-order valence-corrected chi connectivity index (χ4v) is 2.97. The summed E-state index contributed by atoms with van der Waals surface area (Å²) in [6.45, 7) is 9.21. The zero-order valence-corrected chi connectivity index (χ0v) is 18.4. The molecule has 2 aromatic rings. The predicted molar refractivity (Wildman–Crippen MR) is 119 cm³/mol. The van der Waals surface area contributed by atoms with Crippen molar-refractivity contribution < 1.29 is 24.0 Å². The Hall–Kier alpha value is -3.06. The maximum atomic E-state index is 12.4. The second-order valence-corrected chi connectivity index (χ2v) is 7.23. The molecule has 0 aromatic heterocycles. The van der Waals surface area contributed by atoms with E-state index in [2.05, 4.69) is 10.6 Å². The molecule has 0 aliphatic rings. The van der Waals surface area contributed by atoms with Crippen molar-refractivity contribution in [1.29, 1.82) is 0 Å². The van der Waals surface area contributed by atoms with E-state index in [4.69, 9.17) is 9.47 Å². The van der Waals surface area contributed by atoms with Gasteiger partial charge in [-0.2, -0.15) is 0 Å². The van der Waals surface area contributed by atoms with Gasteiger partial charge in [0.25, 0.3) is 11.8 Å². The van der Waals surface area contributed by atoms with Crippen LogP contribution in [0.3, 0.4) is 0 Å². The maximum absolute atomic E-state index is 12.4. The molecular formula is C23H32N3O4+. The number of anilines is 2. The summed E-state index contributed by atoms with van der Waals surface area (Å²) in [5, 5.41) is 5.73. The molecular weight excluding hydrogens is 382 g/mol. The van der Waals surface area contributed by atoms with Crippen molar-refractivity contribution >= 4 is 23.2 Å². The molecule has 0 saturated heterocycles. The van der Waals surface area contributed by atoms with Crippen LogP contribution in [-0.2, 0) is 9.59 Å². The molecule has 0 spiro atoms. The first kappa shape index (κ1) is 23.2. The van der Waals surface area contributed by atoms with E-state index < -0.39 is 0 Å². The highest BCUT2D eigenvalue weighted by molar-refractivity contribution is 5.93. The summed E-state index contributed by atoms with van der Waals surface area (Å²) in [5.41, 5.74) is 3.68. The molecule has 3 N–H and O–H groups in total. The standard InChI is InChI=1S/C23H31N3O4/c1-6-29-20-11-10-19(13-21(20)30-7-2)25-23(28)15-26(5)14-22(27)24-18-9-8-16(3)17(4)12-18/h8-13H,6-7,14-15H2,1-5H3,(H,24,27)(H,25,28)/p+1. The number of ether oxygens (including phenoxy) is 2. The maximum Gasteiger partial charge on any atom is 0.279 e. The van der Waals surface area contributed by atoms with Crippen LogP contribution < -0.4 is 25.0 Å². The molecule has 7 nitrogen and oxygen atoms in total. The summed E-state index contributed by atoms with van der Waals surface area (Å²) in [4.78, 5) is 25.5. The number of aryl methyl sites for hydroxylation is 2. The summed E-state index contributed by atoms with van der Waals surface area (Å²) in [6.07, 6.45) is 0. The Bertz CT molecular complexity index is 883. The Morgan fingerprint density at radius 1 is 0.800 bits per heavy atom. The molecule has 30 heavy (non-hydrogen) atoms. The zero-order chi connectivity index (χ0) is 22.1. The lowest BCUT2D eigenvalue weighted by molar-refractivity contribution is -0.862. The molecule has 2 amide bonds. The van der Waals surface area contributed by atoms with Crippen molar-refractivity contribution in [3.8, 4) is 11.5 Å². The Morgan fingerprint density at radius 2 is 1.33 bits per heavy atom. The fraction of sp³-hybridized carbons (Fsp3) is 0.391. The molecule has 2 rings (SSSR count). The lowest BCUT2D eigenvalue weighted by Gasteiger charge is -2.15. The van der Waals surface area contributed by atoms with Gasteiger partial charge in [-0.25, -0.2) is 0 Å². The molecule has 2 aromatic carbocycles. The highest BCUT2D eigenvalue weighted by Crippen LogP contribution is 2.30. The summed E-state index contributed by atoms with van der Waals surface area (Å²) < 4.78 is 11.1. The van der Waals surface area contributed by atoms with Crippen LogP contribution >= 0.6 is 0 Å². The third-order valence-corrected chi connectivity index (χ3v) is 4.54. The van der Waals surface area contributed by atoms with Crippen LogP contribution in [0.15, 0.2) is 36.4 Å². The van der Waals surface area contributed by atoms with Gasteiger partial charge in [-0.15, -0.1) is 0 Å². The van der Waals surface area contributed by atoms with E-state index in [0.717, 1.165) is 16.2 Å². The molecule has 0 saturated carbocycles. The summed E-state index contributed by atoms with van der Waals surface area (Å²) >= 11 is 0. The normalized spacial score (nSPS) is 11.5. The van der Waals surface area contributed by atoms with Crippen LogP contribution in [0.2, 0.25) is 0 Å². The topological polar surface area (TPSA) is 81.1 Å². The van der Waals surface area contributed by atoms with E-state index in [9.17, 15) is 9.59 Å². The number of likely N-dealkylation sites (N-methyl/N-ethyl adjacent to an activating group) is 1. The van der Waals surface area contributed by atoms with E-state index >= 15 is 0 Å². The number of benzene rings is 2. The van der Waals surface area contributed by atoms with E-state index in [1.807, 2.05) is 52.9 Å². The monoisotopic (exact) mass is 414 g/mol. The van der Waals surface area contributed by atoms with E-state index in [1.54, 1.807) is 18.2 Å². The summed E-state index contributed by atoms with van der Waals surface area (Å²) in [5.74, 6) is 0.912. The Kier molecular flexibility index (Phi) is 8.68. The molecule has 0 aliphatic carbocycles. The van der Waals surface area contributed by atoms with Crippen molar-refractivity contribution in [3.63, 3.8) is 0 Å². The third kappa shape index (κ3) is 7.08. The Morgan fingerprint density at radius 3 is 1.90 bits per heavy atom. The fourth-order valence-electron chi connectivity index (χ4n) is 2.97. The SMILES string of the molecule is CCOc1ccc(NC(=O)C[NH+](C)CC(=O)Nc2ccc(C)c(C)c2)cc1OCC. The second kappa shape index (κ2) is 11.2. The molecule has 0 heterocycles. The van der Waals surface area contributed by atoms with Crippen LogP contribution in [0.4, 0.5) is 11.4 Å². The van der Waals surface area contributed by atoms with Crippen molar-refractivity contribution in [3.05, 3.63) is 47.5 Å². The van der Waals surface area contributed by atoms with Gasteiger partial charge in [-0.3, -0.25) is 9.59 Å². The van der Waals surface area contributed by atoms with Gasteiger partial charge in [-0.05, 0) is 63.1 Å². The van der Waals surface area contributed by atoms with Gasteiger partial charge in [0, 0.05) is 17.4 Å². The number of quaternary nitrogens is 1. The van der Waals surface area contributed by atoms with Gasteiger partial charge in [0.05, 0.1) is 20.3 Å². The van der Waals surface area contributed by atoms with Crippen molar-refractivity contribution in [2.75, 3.05) is 44.0 Å². The molecule has 1 atom stereocenters. The van der Waals surface area contributed by atoms with Gasteiger partial charge in [0.15, 0.2) is 24.6 Å². The molecule has 0 radical (unpaired) electrons. The first-order chi connectivity index (χ1) is 14.3. The minimum absolute atomic E-state index is 0.136. The van der Waals surface area contributed by atoms with Gasteiger partial charge in [0.2, 0.25) is 0 Å².